The van der Waals surface area contributed by atoms with Crippen molar-refractivity contribution in [2.45, 2.75) is 6.43 Å². The van der Waals surface area contributed by atoms with E-state index in [0.717, 1.165) is 12.3 Å². The van der Waals surface area contributed by atoms with Gasteiger partial charge in [0.15, 0.2) is 0 Å². The van der Waals surface area contributed by atoms with Gasteiger partial charge in [0, 0.05) is 10.7 Å². The molecule has 0 unspecified atom stereocenters. The maximum Gasteiger partial charge on any atom is 0.354 e. The molecule has 1 rings (SSSR count). The van der Waals surface area contributed by atoms with E-state index in [-0.39, 0.29) is 15.7 Å². The van der Waals surface area contributed by atoms with Gasteiger partial charge in [0.2, 0.25) is 0 Å². The van der Waals surface area contributed by atoms with Crippen molar-refractivity contribution in [1.29, 1.82) is 0 Å². The Morgan fingerprint density at radius 1 is 1.62 bits per heavy atom. The molecular weight excluding hydrogens is 248 g/mol. The van der Waals surface area contributed by atoms with Crippen molar-refractivity contribution < 1.29 is 18.7 Å². The van der Waals surface area contributed by atoms with E-state index >= 15 is 0 Å². The average Bonchev–Trinajstić information content (AvgIpc) is 2.03. The third-order valence-corrected chi connectivity index (χ3v) is 2.02. The van der Waals surface area contributed by atoms with Crippen LogP contribution in [0.5, 0.6) is 0 Å². The predicted octanol–water partition coefficient (Wildman–Crippen LogP) is 2.48. The van der Waals surface area contributed by atoms with Gasteiger partial charge in [-0.1, -0.05) is 15.9 Å². The molecule has 3 nitrogen and oxygen atoms in total. The first kappa shape index (κ1) is 10.0. The molecule has 1 heterocycles. The summed E-state index contributed by atoms with van der Waals surface area (Å²) in [6, 6.07) is 1.05. The van der Waals surface area contributed by atoms with Crippen LogP contribution in [0, 0.1) is 0 Å². The zero-order valence-corrected chi connectivity index (χ0v) is 7.75. The van der Waals surface area contributed by atoms with Gasteiger partial charge in [-0.05, 0) is 6.07 Å². The van der Waals surface area contributed by atoms with Gasteiger partial charge in [0.05, 0.1) is 5.56 Å². The quantitative estimate of drug-likeness (QED) is 0.879. The molecule has 0 aromatic carbocycles. The highest BCUT2D eigenvalue weighted by Gasteiger charge is 2.14. The highest BCUT2D eigenvalue weighted by molar-refractivity contribution is 9.10. The molecule has 0 radical (unpaired) electrons. The second kappa shape index (κ2) is 3.78. The minimum absolute atomic E-state index is 0.0508. The predicted molar refractivity (Wildman–Crippen MR) is 43.9 cm³/mol. The molecule has 0 spiro atoms. The minimum Gasteiger partial charge on any atom is -0.477 e. The summed E-state index contributed by atoms with van der Waals surface area (Å²) in [4.78, 5) is 13.7. The number of alkyl halides is 2. The molecule has 13 heavy (non-hydrogen) atoms. The second-order valence-corrected chi connectivity index (χ2v) is 3.05. The molecule has 0 aliphatic heterocycles. The lowest BCUT2D eigenvalue weighted by Crippen LogP contribution is -2.01. The van der Waals surface area contributed by atoms with E-state index in [1.807, 2.05) is 0 Å². The van der Waals surface area contributed by atoms with E-state index in [9.17, 15) is 13.6 Å². The molecule has 0 aliphatic rings. The van der Waals surface area contributed by atoms with Gasteiger partial charge >= 0.3 is 5.97 Å². The molecule has 0 amide bonds. The van der Waals surface area contributed by atoms with Crippen molar-refractivity contribution in [1.82, 2.24) is 4.98 Å². The molecule has 1 aromatic heterocycles. The smallest absolute Gasteiger partial charge is 0.354 e. The van der Waals surface area contributed by atoms with Crippen molar-refractivity contribution in [3.63, 3.8) is 0 Å². The molecule has 0 aliphatic carbocycles. The fourth-order valence-electron chi connectivity index (χ4n) is 0.719. The standard InChI is InChI=1S/C7H4BrF2NO2/c8-4-1-5(7(12)13)11-2-3(4)6(9)10/h1-2,6H,(H,12,13). The Morgan fingerprint density at radius 2 is 2.23 bits per heavy atom. The van der Waals surface area contributed by atoms with E-state index < -0.39 is 12.4 Å². The van der Waals surface area contributed by atoms with Crippen LogP contribution < -0.4 is 0 Å². The summed E-state index contributed by atoms with van der Waals surface area (Å²) in [5, 5.41) is 8.47. The van der Waals surface area contributed by atoms with E-state index in [0.29, 0.717) is 0 Å². The number of carbonyl (C=O) groups is 1. The van der Waals surface area contributed by atoms with Crippen LogP contribution in [0.1, 0.15) is 22.5 Å². The minimum atomic E-state index is -2.66. The van der Waals surface area contributed by atoms with Crippen molar-refractivity contribution in [2.24, 2.45) is 0 Å². The van der Waals surface area contributed by atoms with E-state index in [1.54, 1.807) is 0 Å². The highest BCUT2D eigenvalue weighted by Crippen LogP contribution is 2.26. The van der Waals surface area contributed by atoms with Crippen LogP contribution in [0.25, 0.3) is 0 Å². The van der Waals surface area contributed by atoms with E-state index in [1.165, 1.54) is 0 Å². The van der Waals surface area contributed by atoms with Crippen molar-refractivity contribution in [3.05, 3.63) is 28.0 Å². The summed E-state index contributed by atoms with van der Waals surface area (Å²) >= 11 is 2.83. The first-order chi connectivity index (χ1) is 6.02. The number of aromatic nitrogens is 1. The molecule has 1 N–H and O–H groups in total. The molecule has 0 atom stereocenters. The molecule has 70 valence electrons. The molecule has 0 fully saturated rings. The fraction of sp³-hybridized carbons (Fsp3) is 0.143. The van der Waals surface area contributed by atoms with Gasteiger partial charge < -0.3 is 5.11 Å². The van der Waals surface area contributed by atoms with Gasteiger partial charge in [-0.2, -0.15) is 0 Å². The van der Waals surface area contributed by atoms with Crippen LogP contribution in [0.3, 0.4) is 0 Å². The van der Waals surface area contributed by atoms with Crippen LogP contribution in [0.15, 0.2) is 16.7 Å². The number of halogens is 3. The Morgan fingerprint density at radius 3 is 2.62 bits per heavy atom. The fourth-order valence-corrected chi connectivity index (χ4v) is 1.21. The molecule has 1 aromatic rings. The number of hydrogen-bond donors (Lipinski definition) is 1. The van der Waals surface area contributed by atoms with Gasteiger partial charge in [-0.3, -0.25) is 0 Å². The van der Waals surface area contributed by atoms with Gasteiger partial charge in [-0.25, -0.2) is 18.6 Å². The van der Waals surface area contributed by atoms with Crippen LogP contribution in [0.4, 0.5) is 8.78 Å². The normalized spacial score (nSPS) is 10.5. The van der Waals surface area contributed by atoms with Crippen LogP contribution in [-0.2, 0) is 0 Å². The number of hydrogen-bond acceptors (Lipinski definition) is 2. The summed E-state index contributed by atoms with van der Waals surface area (Å²) in [5.41, 5.74) is -0.582. The van der Waals surface area contributed by atoms with Crippen LogP contribution in [0.2, 0.25) is 0 Å². The average molecular weight is 252 g/mol. The molecule has 0 saturated heterocycles. The Kier molecular flexibility index (Phi) is 2.92. The zero-order chi connectivity index (χ0) is 10.0. The van der Waals surface area contributed by atoms with Gasteiger partial charge in [0.25, 0.3) is 6.43 Å². The van der Waals surface area contributed by atoms with E-state index in [2.05, 4.69) is 20.9 Å². The lowest BCUT2D eigenvalue weighted by molar-refractivity contribution is 0.0689. The highest BCUT2D eigenvalue weighted by atomic mass is 79.9. The van der Waals surface area contributed by atoms with Gasteiger partial charge in [-0.15, -0.1) is 0 Å². The number of carboxylic acid groups (broad SMARTS) is 1. The van der Waals surface area contributed by atoms with Crippen LogP contribution >= 0.6 is 15.9 Å². The number of aromatic carboxylic acids is 1. The monoisotopic (exact) mass is 251 g/mol. The van der Waals surface area contributed by atoms with E-state index in [4.69, 9.17) is 5.11 Å². The SMILES string of the molecule is O=C(O)c1cc(Br)c(C(F)F)cn1. The number of pyridine rings is 1. The van der Waals surface area contributed by atoms with Crippen LogP contribution in [-0.4, -0.2) is 16.1 Å². The number of rotatable bonds is 2. The van der Waals surface area contributed by atoms with Crippen molar-refractivity contribution in [2.75, 3.05) is 0 Å². The molecular formula is C7H4BrF2NO2. The maximum absolute atomic E-state index is 12.1. The summed E-state index contributed by atoms with van der Waals surface area (Å²) in [6.07, 6.45) is -1.82. The Hall–Kier alpha value is -1.04. The summed E-state index contributed by atoms with van der Waals surface area (Å²) in [5.74, 6) is -1.25. The summed E-state index contributed by atoms with van der Waals surface area (Å²) < 4.78 is 24.3. The molecule has 0 bridgehead atoms. The lowest BCUT2D eigenvalue weighted by atomic mass is 10.2. The zero-order valence-electron chi connectivity index (χ0n) is 6.17. The number of nitrogens with zero attached hydrogens (tertiary/aromatic N) is 1. The maximum atomic E-state index is 12.1. The van der Waals surface area contributed by atoms with Crippen molar-refractivity contribution in [3.8, 4) is 0 Å². The van der Waals surface area contributed by atoms with Gasteiger partial charge in [0.1, 0.15) is 5.69 Å². The second-order valence-electron chi connectivity index (χ2n) is 2.20. The third-order valence-electron chi connectivity index (χ3n) is 1.34. The largest absolute Gasteiger partial charge is 0.477 e. The molecule has 0 saturated carbocycles. The Labute approximate surface area is 80.5 Å². The third kappa shape index (κ3) is 2.21. The Balaban J connectivity index is 3.13. The molecule has 6 heteroatoms. The van der Waals surface area contributed by atoms with Crippen molar-refractivity contribution >= 4 is 21.9 Å². The lowest BCUT2D eigenvalue weighted by Gasteiger charge is -2.02. The summed E-state index contributed by atoms with van der Waals surface area (Å²) in [7, 11) is 0. The topological polar surface area (TPSA) is 50.2 Å². The Bertz CT molecular complexity index is 343. The first-order valence-electron chi connectivity index (χ1n) is 3.19. The summed E-state index contributed by atoms with van der Waals surface area (Å²) in [6.45, 7) is 0. The first-order valence-corrected chi connectivity index (χ1v) is 3.98. The number of carboxylic acids is 1.